The molecule has 1 aliphatic rings. The van der Waals surface area contributed by atoms with E-state index in [9.17, 15) is 9.90 Å². The fraction of sp³-hybridized carbons (Fsp3) is 0.542. The number of unbranched alkanes of at least 4 members (excludes halogenated alkanes) is 1. The van der Waals surface area contributed by atoms with Gasteiger partial charge in [-0.1, -0.05) is 26.7 Å². The molecule has 1 aliphatic heterocycles. The first-order valence-corrected chi connectivity index (χ1v) is 12.5. The highest BCUT2D eigenvalue weighted by atomic mass is 32.1. The first-order chi connectivity index (χ1) is 15.5. The van der Waals surface area contributed by atoms with Crippen LogP contribution in [0.2, 0.25) is 0 Å². The van der Waals surface area contributed by atoms with Gasteiger partial charge in [0.15, 0.2) is 0 Å². The Hall–Kier alpha value is -2.45. The third-order valence-corrected chi connectivity index (χ3v) is 7.42. The van der Waals surface area contributed by atoms with E-state index in [1.807, 2.05) is 25.1 Å². The van der Waals surface area contributed by atoms with Crippen molar-refractivity contribution in [3.8, 4) is 0 Å². The number of nitrogens with zero attached hydrogens (tertiary/aromatic N) is 4. The number of anilines is 2. The topological polar surface area (TPSA) is 83.3 Å². The van der Waals surface area contributed by atoms with E-state index in [4.69, 9.17) is 5.10 Å². The summed E-state index contributed by atoms with van der Waals surface area (Å²) < 4.78 is 2.13. The van der Waals surface area contributed by atoms with E-state index in [-0.39, 0.29) is 12.0 Å². The fourth-order valence-corrected chi connectivity index (χ4v) is 5.43. The number of aromatic nitrogens is 3. The molecule has 4 heterocycles. The summed E-state index contributed by atoms with van der Waals surface area (Å²) in [6.07, 6.45) is 7.52. The van der Waals surface area contributed by atoms with Crippen LogP contribution in [-0.4, -0.2) is 45.0 Å². The predicted molar refractivity (Wildman–Crippen MR) is 131 cm³/mol. The lowest BCUT2D eigenvalue weighted by molar-refractivity contribution is 0.103. The lowest BCUT2D eigenvalue weighted by atomic mass is 10.1. The quantitative estimate of drug-likeness (QED) is 0.490. The summed E-state index contributed by atoms with van der Waals surface area (Å²) >= 11 is 1.51. The maximum absolute atomic E-state index is 12.9. The number of piperidine rings is 1. The van der Waals surface area contributed by atoms with Gasteiger partial charge in [-0.25, -0.2) is 4.98 Å². The first kappa shape index (κ1) is 22.7. The average molecular weight is 456 g/mol. The molecule has 0 saturated carbocycles. The van der Waals surface area contributed by atoms with E-state index in [0.29, 0.717) is 16.6 Å². The zero-order chi connectivity index (χ0) is 22.7. The zero-order valence-corrected chi connectivity index (χ0v) is 20.0. The number of carbonyl (C=O) groups is 1. The summed E-state index contributed by atoms with van der Waals surface area (Å²) in [4.78, 5) is 21.4. The molecule has 3 aromatic heterocycles. The van der Waals surface area contributed by atoms with Crippen molar-refractivity contribution in [2.45, 2.75) is 71.4 Å². The van der Waals surface area contributed by atoms with Gasteiger partial charge in [0.25, 0.3) is 5.91 Å². The van der Waals surface area contributed by atoms with Crippen molar-refractivity contribution in [3.63, 3.8) is 0 Å². The van der Waals surface area contributed by atoms with Gasteiger partial charge < -0.3 is 15.3 Å². The monoisotopic (exact) mass is 455 g/mol. The second kappa shape index (κ2) is 10.0. The van der Waals surface area contributed by atoms with Crippen LogP contribution in [0.1, 0.15) is 73.8 Å². The molecular weight excluding hydrogens is 422 g/mol. The van der Waals surface area contributed by atoms with Crippen LogP contribution in [0.5, 0.6) is 0 Å². The standard InChI is InChI=1S/C24H33N5O2S/c1-4-6-7-18(5-2)29-24-20(16(3)27-29)14-21(32-24)23(31)26-17-8-9-22(25-15-17)28-12-10-19(30)11-13-28/h8-9,14-15,18-19,30H,4-7,10-13H2,1-3H3,(H,26,31). The molecule has 32 heavy (non-hydrogen) atoms. The number of fused-ring (bicyclic) bond motifs is 1. The van der Waals surface area contributed by atoms with Crippen LogP contribution in [0, 0.1) is 6.92 Å². The molecule has 2 N–H and O–H groups in total. The Morgan fingerprint density at radius 1 is 1.31 bits per heavy atom. The number of aryl methyl sites for hydroxylation is 1. The number of pyridine rings is 1. The molecule has 1 unspecified atom stereocenters. The highest BCUT2D eigenvalue weighted by Gasteiger charge is 2.21. The molecule has 0 spiro atoms. The van der Waals surface area contributed by atoms with Crippen molar-refractivity contribution >= 4 is 39.0 Å². The summed E-state index contributed by atoms with van der Waals surface area (Å²) in [5, 5.41) is 18.5. The van der Waals surface area contributed by atoms with E-state index >= 15 is 0 Å². The van der Waals surface area contributed by atoms with E-state index in [1.54, 1.807) is 6.20 Å². The molecule has 7 nitrogen and oxygen atoms in total. The van der Waals surface area contributed by atoms with Crippen molar-refractivity contribution in [3.05, 3.63) is 35.0 Å². The lowest BCUT2D eigenvalue weighted by Crippen LogP contribution is -2.36. The molecule has 0 bridgehead atoms. The second-order valence-corrected chi connectivity index (χ2v) is 9.67. The van der Waals surface area contributed by atoms with Gasteiger partial charge in [0.1, 0.15) is 10.6 Å². The van der Waals surface area contributed by atoms with Crippen LogP contribution in [0.3, 0.4) is 0 Å². The minimum atomic E-state index is -0.207. The Morgan fingerprint density at radius 2 is 2.09 bits per heavy atom. The molecule has 1 atom stereocenters. The van der Waals surface area contributed by atoms with Crippen LogP contribution in [-0.2, 0) is 0 Å². The molecule has 1 amide bonds. The molecule has 3 aromatic rings. The van der Waals surface area contributed by atoms with Gasteiger partial charge in [-0.05, 0) is 50.8 Å². The van der Waals surface area contributed by atoms with Crippen molar-refractivity contribution < 1.29 is 9.90 Å². The minimum absolute atomic E-state index is 0.116. The number of hydrogen-bond donors (Lipinski definition) is 2. The van der Waals surface area contributed by atoms with E-state index in [2.05, 4.69) is 33.7 Å². The number of thiophene rings is 1. The van der Waals surface area contributed by atoms with Gasteiger partial charge in [-0.15, -0.1) is 11.3 Å². The van der Waals surface area contributed by atoms with Crippen LogP contribution in [0.25, 0.3) is 10.2 Å². The van der Waals surface area contributed by atoms with E-state index in [0.717, 1.165) is 60.5 Å². The third kappa shape index (κ3) is 4.81. The van der Waals surface area contributed by atoms with Gasteiger partial charge in [-0.2, -0.15) is 5.10 Å². The number of nitrogens with one attached hydrogen (secondary N) is 1. The Labute approximate surface area is 193 Å². The normalized spacial score (nSPS) is 15.9. The van der Waals surface area contributed by atoms with E-state index in [1.165, 1.54) is 24.2 Å². The molecule has 0 radical (unpaired) electrons. The number of carbonyl (C=O) groups excluding carboxylic acids is 1. The van der Waals surface area contributed by atoms with Crippen molar-refractivity contribution in [1.29, 1.82) is 0 Å². The maximum Gasteiger partial charge on any atom is 0.265 e. The molecule has 0 aromatic carbocycles. The molecule has 0 aliphatic carbocycles. The Kier molecular flexibility index (Phi) is 7.10. The summed E-state index contributed by atoms with van der Waals surface area (Å²) in [6.45, 7) is 8.03. The van der Waals surface area contributed by atoms with Crippen molar-refractivity contribution in [2.24, 2.45) is 0 Å². The Balaban J connectivity index is 1.47. The third-order valence-electron chi connectivity index (χ3n) is 6.29. The van der Waals surface area contributed by atoms with Crippen LogP contribution >= 0.6 is 11.3 Å². The predicted octanol–water partition coefficient (Wildman–Crippen LogP) is 5.16. The van der Waals surface area contributed by atoms with Crippen molar-refractivity contribution in [1.82, 2.24) is 14.8 Å². The SMILES string of the molecule is CCCCC(CC)n1nc(C)c2cc(C(=O)Nc3ccc(N4CCC(O)CC4)nc3)sc21. The van der Waals surface area contributed by atoms with E-state index < -0.39 is 0 Å². The molecule has 1 fully saturated rings. The average Bonchev–Trinajstić information content (AvgIpc) is 3.37. The smallest absolute Gasteiger partial charge is 0.265 e. The summed E-state index contributed by atoms with van der Waals surface area (Å²) in [7, 11) is 0. The second-order valence-electron chi connectivity index (χ2n) is 8.64. The summed E-state index contributed by atoms with van der Waals surface area (Å²) in [5.74, 6) is 0.763. The van der Waals surface area contributed by atoms with Gasteiger partial charge in [0, 0.05) is 18.5 Å². The number of aliphatic hydroxyl groups excluding tert-OH is 1. The number of aliphatic hydroxyl groups is 1. The van der Waals surface area contributed by atoms with Crippen molar-refractivity contribution in [2.75, 3.05) is 23.3 Å². The number of hydrogen-bond acceptors (Lipinski definition) is 6. The summed E-state index contributed by atoms with van der Waals surface area (Å²) in [6, 6.07) is 6.15. The number of amides is 1. The van der Waals surface area contributed by atoms with Crippen LogP contribution < -0.4 is 10.2 Å². The fourth-order valence-electron chi connectivity index (χ4n) is 4.30. The lowest BCUT2D eigenvalue weighted by Gasteiger charge is -2.30. The van der Waals surface area contributed by atoms with Gasteiger partial charge in [-0.3, -0.25) is 9.48 Å². The zero-order valence-electron chi connectivity index (χ0n) is 19.2. The summed E-state index contributed by atoms with van der Waals surface area (Å²) in [5.41, 5.74) is 1.66. The largest absolute Gasteiger partial charge is 0.393 e. The van der Waals surface area contributed by atoms with Gasteiger partial charge in [0.2, 0.25) is 0 Å². The molecule has 4 rings (SSSR count). The maximum atomic E-state index is 12.9. The van der Waals surface area contributed by atoms with Crippen LogP contribution in [0.15, 0.2) is 24.4 Å². The Bertz CT molecular complexity index is 1050. The highest BCUT2D eigenvalue weighted by Crippen LogP contribution is 2.33. The van der Waals surface area contributed by atoms with Crippen LogP contribution in [0.4, 0.5) is 11.5 Å². The molecule has 8 heteroatoms. The van der Waals surface area contributed by atoms with Gasteiger partial charge in [0.05, 0.1) is 34.6 Å². The Morgan fingerprint density at radius 3 is 2.75 bits per heavy atom. The first-order valence-electron chi connectivity index (χ1n) is 11.7. The molecular formula is C24H33N5O2S. The molecule has 1 saturated heterocycles. The minimum Gasteiger partial charge on any atom is -0.393 e. The van der Waals surface area contributed by atoms with Gasteiger partial charge >= 0.3 is 0 Å². The number of rotatable bonds is 8. The molecule has 172 valence electrons. The highest BCUT2D eigenvalue weighted by molar-refractivity contribution is 7.20.